The van der Waals surface area contributed by atoms with E-state index >= 15 is 0 Å². The van der Waals surface area contributed by atoms with Crippen molar-refractivity contribution in [2.45, 2.75) is 30.5 Å². The highest BCUT2D eigenvalue weighted by Gasteiger charge is 2.17. The normalized spacial score (nSPS) is 14.7. The first-order chi connectivity index (χ1) is 11.2. The van der Waals surface area contributed by atoms with Gasteiger partial charge in [0.15, 0.2) is 4.34 Å². The van der Waals surface area contributed by atoms with Gasteiger partial charge in [0.1, 0.15) is 0 Å². The summed E-state index contributed by atoms with van der Waals surface area (Å²) >= 11 is 2.96. The number of aryl methyl sites for hydroxylation is 1. The molecular weight excluding hydrogens is 328 g/mol. The maximum atomic E-state index is 12.2. The summed E-state index contributed by atoms with van der Waals surface area (Å²) in [6.07, 6.45) is 3.49. The van der Waals surface area contributed by atoms with E-state index in [4.69, 9.17) is 0 Å². The van der Waals surface area contributed by atoms with Crippen molar-refractivity contribution in [3.05, 3.63) is 29.8 Å². The summed E-state index contributed by atoms with van der Waals surface area (Å²) in [6.45, 7) is 3.85. The van der Waals surface area contributed by atoms with Gasteiger partial charge in [0.05, 0.1) is 5.75 Å². The lowest BCUT2D eigenvalue weighted by Crippen LogP contribution is -2.36. The van der Waals surface area contributed by atoms with Crippen LogP contribution in [0.15, 0.2) is 28.6 Å². The van der Waals surface area contributed by atoms with E-state index in [1.54, 1.807) is 0 Å². The minimum absolute atomic E-state index is 0.207. The number of aromatic nitrogens is 2. The van der Waals surface area contributed by atoms with Crippen LogP contribution in [-0.2, 0) is 4.79 Å². The van der Waals surface area contributed by atoms with Crippen molar-refractivity contribution in [2.75, 3.05) is 24.2 Å². The molecule has 1 aliphatic rings. The van der Waals surface area contributed by atoms with Gasteiger partial charge in [0.2, 0.25) is 11.0 Å². The molecule has 7 heteroatoms. The van der Waals surface area contributed by atoms with Crippen LogP contribution in [0.2, 0.25) is 0 Å². The van der Waals surface area contributed by atoms with Crippen molar-refractivity contribution >= 4 is 39.8 Å². The first kappa shape index (κ1) is 16.3. The highest BCUT2D eigenvalue weighted by Crippen LogP contribution is 2.29. The Morgan fingerprint density at radius 2 is 2.04 bits per heavy atom. The molecule has 0 radical (unpaired) electrons. The number of para-hydroxylation sites is 1. The van der Waals surface area contributed by atoms with Crippen molar-refractivity contribution in [1.29, 1.82) is 0 Å². The monoisotopic (exact) mass is 348 g/mol. The first-order valence-corrected chi connectivity index (χ1v) is 9.59. The smallest absolute Gasteiger partial charge is 0.233 e. The third-order valence-corrected chi connectivity index (χ3v) is 5.78. The van der Waals surface area contributed by atoms with E-state index in [0.717, 1.165) is 46.7 Å². The summed E-state index contributed by atoms with van der Waals surface area (Å²) in [5, 5.41) is 12.3. The number of benzene rings is 1. The maximum Gasteiger partial charge on any atom is 0.233 e. The molecule has 1 amide bonds. The lowest BCUT2D eigenvalue weighted by Gasteiger charge is -2.26. The highest BCUT2D eigenvalue weighted by atomic mass is 32.2. The number of anilines is 2. The number of rotatable bonds is 5. The molecule has 1 N–H and O–H groups in total. The molecule has 1 aromatic heterocycles. The Kier molecular flexibility index (Phi) is 5.51. The van der Waals surface area contributed by atoms with Crippen LogP contribution in [0.5, 0.6) is 0 Å². The fourth-order valence-electron chi connectivity index (χ4n) is 2.51. The lowest BCUT2D eigenvalue weighted by molar-refractivity contribution is -0.129. The number of nitrogens with zero attached hydrogens (tertiary/aromatic N) is 3. The number of hydrogen-bond donors (Lipinski definition) is 1. The number of nitrogens with one attached hydrogen (secondary N) is 1. The van der Waals surface area contributed by atoms with Crippen LogP contribution in [0.1, 0.15) is 24.8 Å². The van der Waals surface area contributed by atoms with E-state index in [1.807, 2.05) is 23.1 Å². The van der Waals surface area contributed by atoms with E-state index in [2.05, 4.69) is 28.5 Å². The van der Waals surface area contributed by atoms with Crippen LogP contribution in [0.25, 0.3) is 0 Å². The molecule has 1 aromatic carbocycles. The largest absolute Gasteiger partial charge is 0.342 e. The van der Waals surface area contributed by atoms with Crippen LogP contribution < -0.4 is 5.32 Å². The third-order valence-electron chi connectivity index (χ3n) is 3.82. The summed E-state index contributed by atoms with van der Waals surface area (Å²) in [6, 6.07) is 8.07. The lowest BCUT2D eigenvalue weighted by atomic mass is 10.1. The third kappa shape index (κ3) is 4.45. The molecule has 5 nitrogen and oxygen atoms in total. The number of amides is 1. The van der Waals surface area contributed by atoms with Gasteiger partial charge < -0.3 is 10.2 Å². The van der Waals surface area contributed by atoms with Gasteiger partial charge in [-0.05, 0) is 37.8 Å². The average molecular weight is 348 g/mol. The number of thioether (sulfide) groups is 1. The minimum Gasteiger partial charge on any atom is -0.342 e. The Bertz CT molecular complexity index is 668. The van der Waals surface area contributed by atoms with Gasteiger partial charge in [0.25, 0.3) is 0 Å². The quantitative estimate of drug-likeness (QED) is 0.835. The Labute approximate surface area is 144 Å². The molecule has 3 rings (SSSR count). The maximum absolute atomic E-state index is 12.2. The fraction of sp³-hybridized carbons (Fsp3) is 0.438. The Hall–Kier alpha value is -1.60. The molecule has 0 aliphatic carbocycles. The Morgan fingerprint density at radius 1 is 1.26 bits per heavy atom. The molecule has 1 fully saturated rings. The zero-order valence-electron chi connectivity index (χ0n) is 13.1. The van der Waals surface area contributed by atoms with Crippen molar-refractivity contribution < 1.29 is 4.79 Å². The van der Waals surface area contributed by atoms with Gasteiger partial charge in [-0.3, -0.25) is 4.79 Å². The van der Waals surface area contributed by atoms with Gasteiger partial charge in [-0.2, -0.15) is 0 Å². The molecule has 0 unspecified atom stereocenters. The Morgan fingerprint density at radius 3 is 2.83 bits per heavy atom. The molecule has 2 heterocycles. The average Bonchev–Trinajstić information content (AvgIpc) is 3.03. The molecule has 0 saturated carbocycles. The zero-order chi connectivity index (χ0) is 16.1. The number of hydrogen-bond acceptors (Lipinski definition) is 6. The van der Waals surface area contributed by atoms with Crippen molar-refractivity contribution in [1.82, 2.24) is 15.1 Å². The van der Waals surface area contributed by atoms with Gasteiger partial charge >= 0.3 is 0 Å². The molecule has 2 aromatic rings. The van der Waals surface area contributed by atoms with E-state index in [0.29, 0.717) is 5.75 Å². The molecule has 1 saturated heterocycles. The van der Waals surface area contributed by atoms with Gasteiger partial charge in [-0.15, -0.1) is 10.2 Å². The van der Waals surface area contributed by atoms with Crippen LogP contribution in [-0.4, -0.2) is 39.8 Å². The van der Waals surface area contributed by atoms with Gasteiger partial charge in [-0.1, -0.05) is 41.3 Å². The number of likely N-dealkylation sites (tertiary alicyclic amines) is 1. The van der Waals surface area contributed by atoms with Crippen LogP contribution >= 0.6 is 23.1 Å². The Balaban J connectivity index is 1.53. The molecule has 0 spiro atoms. The van der Waals surface area contributed by atoms with Crippen LogP contribution in [0.3, 0.4) is 0 Å². The van der Waals surface area contributed by atoms with E-state index in [-0.39, 0.29) is 5.91 Å². The van der Waals surface area contributed by atoms with Gasteiger partial charge in [-0.25, -0.2) is 0 Å². The molecule has 0 atom stereocenters. The summed E-state index contributed by atoms with van der Waals surface area (Å²) in [4.78, 5) is 14.1. The number of carbonyl (C=O) groups is 1. The summed E-state index contributed by atoms with van der Waals surface area (Å²) in [5.41, 5.74) is 2.20. The zero-order valence-corrected chi connectivity index (χ0v) is 14.8. The SMILES string of the molecule is Cc1ccccc1Nc1nnc(SCC(=O)N2CCCCC2)s1. The van der Waals surface area contributed by atoms with E-state index < -0.39 is 0 Å². The van der Waals surface area contributed by atoms with Crippen molar-refractivity contribution in [2.24, 2.45) is 0 Å². The standard InChI is InChI=1S/C16H20N4OS2/c1-12-7-3-4-8-13(12)17-15-18-19-16(23-15)22-11-14(21)20-9-5-2-6-10-20/h3-4,7-8H,2,5-6,9-11H2,1H3,(H,17,18). The summed E-state index contributed by atoms with van der Waals surface area (Å²) in [7, 11) is 0. The number of carbonyl (C=O) groups excluding carboxylic acids is 1. The molecule has 122 valence electrons. The predicted molar refractivity (Wildman–Crippen MR) is 95.5 cm³/mol. The summed E-state index contributed by atoms with van der Waals surface area (Å²) in [5.74, 6) is 0.650. The number of piperidine rings is 1. The van der Waals surface area contributed by atoms with Gasteiger partial charge in [0, 0.05) is 18.8 Å². The topological polar surface area (TPSA) is 58.1 Å². The minimum atomic E-state index is 0.207. The molecule has 0 bridgehead atoms. The van der Waals surface area contributed by atoms with Crippen LogP contribution in [0.4, 0.5) is 10.8 Å². The van der Waals surface area contributed by atoms with E-state index in [9.17, 15) is 4.79 Å². The second-order valence-electron chi connectivity index (χ2n) is 5.54. The highest BCUT2D eigenvalue weighted by molar-refractivity contribution is 8.01. The van der Waals surface area contributed by atoms with Crippen LogP contribution in [0, 0.1) is 6.92 Å². The molecular formula is C16H20N4OS2. The first-order valence-electron chi connectivity index (χ1n) is 7.79. The van der Waals surface area contributed by atoms with E-state index in [1.165, 1.54) is 29.5 Å². The predicted octanol–water partition coefficient (Wildman–Crippen LogP) is 3.69. The second kappa shape index (κ2) is 7.79. The van der Waals surface area contributed by atoms with Crippen molar-refractivity contribution in [3.63, 3.8) is 0 Å². The molecule has 23 heavy (non-hydrogen) atoms. The molecule has 1 aliphatic heterocycles. The summed E-state index contributed by atoms with van der Waals surface area (Å²) < 4.78 is 0.825. The second-order valence-corrected chi connectivity index (χ2v) is 7.74. The van der Waals surface area contributed by atoms with Crippen molar-refractivity contribution in [3.8, 4) is 0 Å². The fourth-order valence-corrected chi connectivity index (χ4v) is 4.17.